The van der Waals surface area contributed by atoms with Crippen LogP contribution in [0.1, 0.15) is 12.5 Å². The summed E-state index contributed by atoms with van der Waals surface area (Å²) in [5.41, 5.74) is 0.998. The zero-order chi connectivity index (χ0) is 21.0. The second-order valence-corrected chi connectivity index (χ2v) is 8.52. The lowest BCUT2D eigenvalue weighted by atomic mass is 10.1. The van der Waals surface area contributed by atoms with Crippen molar-refractivity contribution in [1.82, 2.24) is 9.21 Å². The summed E-state index contributed by atoms with van der Waals surface area (Å²) < 4.78 is 58.9. The molecule has 0 radical (unpaired) electrons. The number of carbonyl (C=O) groups is 1. The summed E-state index contributed by atoms with van der Waals surface area (Å²) in [5.74, 6) is -1.58. The molecule has 2 aromatic rings. The van der Waals surface area contributed by atoms with Crippen molar-refractivity contribution in [2.45, 2.75) is 18.2 Å². The Balaban J connectivity index is 1.59. The van der Waals surface area contributed by atoms with E-state index in [4.69, 9.17) is 4.74 Å². The van der Waals surface area contributed by atoms with Crippen molar-refractivity contribution < 1.29 is 26.7 Å². The number of rotatable bonds is 6. The molecule has 0 aromatic heterocycles. The second kappa shape index (κ2) is 8.87. The molecule has 0 spiro atoms. The molecule has 0 saturated carbocycles. The maximum atomic E-state index is 13.9. The van der Waals surface area contributed by atoms with E-state index in [1.54, 1.807) is 6.07 Å². The van der Waals surface area contributed by atoms with Gasteiger partial charge in [0.1, 0.15) is 22.3 Å². The number of hydrogen-bond acceptors (Lipinski definition) is 4. The average molecular weight is 424 g/mol. The van der Waals surface area contributed by atoms with Gasteiger partial charge in [-0.25, -0.2) is 17.2 Å². The van der Waals surface area contributed by atoms with Crippen molar-refractivity contribution >= 4 is 15.9 Å². The summed E-state index contributed by atoms with van der Waals surface area (Å²) in [5, 5.41) is 0. The van der Waals surface area contributed by atoms with Gasteiger partial charge in [0.05, 0.1) is 0 Å². The van der Waals surface area contributed by atoms with Gasteiger partial charge in [0, 0.05) is 32.2 Å². The van der Waals surface area contributed by atoms with E-state index in [1.807, 2.05) is 25.1 Å². The van der Waals surface area contributed by atoms with Crippen molar-refractivity contribution in [3.05, 3.63) is 59.7 Å². The van der Waals surface area contributed by atoms with Gasteiger partial charge in [0.2, 0.25) is 10.0 Å². The van der Waals surface area contributed by atoms with E-state index in [0.29, 0.717) is 11.8 Å². The number of aryl methyl sites for hydroxylation is 1. The van der Waals surface area contributed by atoms with Crippen LogP contribution in [0.2, 0.25) is 0 Å². The molecule has 1 heterocycles. The zero-order valence-corrected chi connectivity index (χ0v) is 16.8. The van der Waals surface area contributed by atoms with Crippen LogP contribution in [0.5, 0.6) is 5.75 Å². The quantitative estimate of drug-likeness (QED) is 0.715. The summed E-state index contributed by atoms with van der Waals surface area (Å²) >= 11 is 0. The van der Waals surface area contributed by atoms with Crippen molar-refractivity contribution in [2.75, 3.05) is 32.8 Å². The number of halogens is 2. The molecule has 1 aliphatic rings. The molecule has 9 heteroatoms. The normalized spacial score (nSPS) is 15.3. The highest BCUT2D eigenvalue weighted by atomic mass is 32.2. The van der Waals surface area contributed by atoms with E-state index in [1.165, 1.54) is 4.90 Å². The first-order chi connectivity index (χ1) is 13.8. The molecule has 1 saturated heterocycles. The summed E-state index contributed by atoms with van der Waals surface area (Å²) in [6.45, 7) is 2.23. The lowest BCUT2D eigenvalue weighted by Gasteiger charge is -2.34. The zero-order valence-electron chi connectivity index (χ0n) is 16.0. The van der Waals surface area contributed by atoms with Crippen molar-refractivity contribution in [2.24, 2.45) is 0 Å². The molecule has 6 nitrogen and oxygen atoms in total. The molecule has 2 aromatic carbocycles. The van der Waals surface area contributed by atoms with Crippen LogP contribution in [-0.2, 0) is 21.2 Å². The van der Waals surface area contributed by atoms with Gasteiger partial charge < -0.3 is 9.64 Å². The largest absolute Gasteiger partial charge is 0.483 e. The molecule has 1 aliphatic heterocycles. The third-order valence-electron chi connectivity index (χ3n) is 4.81. The summed E-state index contributed by atoms with van der Waals surface area (Å²) in [6, 6.07) is 9.82. The predicted molar refractivity (Wildman–Crippen MR) is 103 cm³/mol. The number of nitrogens with zero attached hydrogens (tertiary/aromatic N) is 2. The number of benzene rings is 2. The first-order valence-electron chi connectivity index (χ1n) is 9.26. The Bertz CT molecular complexity index is 990. The van der Waals surface area contributed by atoms with Crippen LogP contribution in [-0.4, -0.2) is 56.3 Å². The fourth-order valence-corrected chi connectivity index (χ4v) is 4.64. The number of piperazine rings is 1. The van der Waals surface area contributed by atoms with Crippen LogP contribution in [0, 0.1) is 11.6 Å². The van der Waals surface area contributed by atoms with Crippen LogP contribution in [0.25, 0.3) is 0 Å². The van der Waals surface area contributed by atoms with Crippen LogP contribution < -0.4 is 4.74 Å². The van der Waals surface area contributed by atoms with Gasteiger partial charge in [0.25, 0.3) is 5.91 Å². The van der Waals surface area contributed by atoms with Gasteiger partial charge in [-0.05, 0) is 30.2 Å². The van der Waals surface area contributed by atoms with Gasteiger partial charge in [-0.3, -0.25) is 4.79 Å². The molecule has 156 valence electrons. The SMILES string of the molecule is CCc1ccccc1OCC(=O)N1CCN(S(=O)(=O)c2ccc(F)cc2F)CC1. The van der Waals surface area contributed by atoms with E-state index >= 15 is 0 Å². The monoisotopic (exact) mass is 424 g/mol. The van der Waals surface area contributed by atoms with Crippen molar-refractivity contribution in [3.8, 4) is 5.75 Å². The third-order valence-corrected chi connectivity index (χ3v) is 6.74. The molecule has 0 aliphatic carbocycles. The van der Waals surface area contributed by atoms with E-state index in [0.717, 1.165) is 28.4 Å². The maximum absolute atomic E-state index is 13.9. The topological polar surface area (TPSA) is 66.9 Å². The Morgan fingerprint density at radius 2 is 1.76 bits per heavy atom. The lowest BCUT2D eigenvalue weighted by molar-refractivity contribution is -0.134. The number of ether oxygens (including phenoxy) is 1. The van der Waals surface area contributed by atoms with Crippen LogP contribution >= 0.6 is 0 Å². The maximum Gasteiger partial charge on any atom is 0.260 e. The Kier molecular flexibility index (Phi) is 6.49. The minimum atomic E-state index is -4.10. The van der Waals surface area contributed by atoms with Gasteiger partial charge in [-0.15, -0.1) is 0 Å². The van der Waals surface area contributed by atoms with Gasteiger partial charge >= 0.3 is 0 Å². The Morgan fingerprint density at radius 3 is 2.41 bits per heavy atom. The predicted octanol–water partition coefficient (Wildman–Crippen LogP) is 2.44. The number of para-hydroxylation sites is 1. The molecule has 1 fully saturated rings. The fraction of sp³-hybridized carbons (Fsp3) is 0.350. The van der Waals surface area contributed by atoms with E-state index < -0.39 is 26.6 Å². The molecule has 0 unspecified atom stereocenters. The molecular formula is C20H22F2N2O4S. The van der Waals surface area contributed by atoms with Crippen molar-refractivity contribution in [3.63, 3.8) is 0 Å². The highest BCUT2D eigenvalue weighted by molar-refractivity contribution is 7.89. The molecule has 0 N–H and O–H groups in total. The average Bonchev–Trinajstić information content (AvgIpc) is 2.72. The van der Waals surface area contributed by atoms with Crippen molar-refractivity contribution in [1.29, 1.82) is 0 Å². The Labute approximate surface area is 168 Å². The second-order valence-electron chi connectivity index (χ2n) is 6.61. The smallest absolute Gasteiger partial charge is 0.260 e. The minimum absolute atomic E-state index is 0.0242. The van der Waals surface area contributed by atoms with Gasteiger partial charge in [-0.1, -0.05) is 25.1 Å². The molecule has 0 bridgehead atoms. The Hall–Kier alpha value is -2.52. The lowest BCUT2D eigenvalue weighted by Crippen LogP contribution is -2.51. The summed E-state index contributed by atoms with van der Waals surface area (Å²) in [6.07, 6.45) is 0.779. The number of sulfonamides is 1. The van der Waals surface area contributed by atoms with Crippen LogP contribution in [0.3, 0.4) is 0 Å². The first-order valence-corrected chi connectivity index (χ1v) is 10.7. The molecule has 1 amide bonds. The third kappa shape index (κ3) is 4.73. The number of carbonyl (C=O) groups excluding carboxylic acids is 1. The molecule has 29 heavy (non-hydrogen) atoms. The highest BCUT2D eigenvalue weighted by Gasteiger charge is 2.32. The van der Waals surface area contributed by atoms with Crippen LogP contribution in [0.15, 0.2) is 47.4 Å². The fourth-order valence-electron chi connectivity index (χ4n) is 3.17. The van der Waals surface area contributed by atoms with E-state index in [-0.39, 0.29) is 38.7 Å². The summed E-state index contributed by atoms with van der Waals surface area (Å²) in [4.78, 5) is 13.4. The first kappa shape index (κ1) is 21.2. The molecule has 0 atom stereocenters. The summed E-state index contributed by atoms with van der Waals surface area (Å²) in [7, 11) is -4.10. The number of amides is 1. The van der Waals surface area contributed by atoms with Gasteiger partial charge in [0.15, 0.2) is 6.61 Å². The highest BCUT2D eigenvalue weighted by Crippen LogP contribution is 2.22. The van der Waals surface area contributed by atoms with Crippen LogP contribution in [0.4, 0.5) is 8.78 Å². The van der Waals surface area contributed by atoms with Gasteiger partial charge in [-0.2, -0.15) is 4.31 Å². The number of hydrogen-bond donors (Lipinski definition) is 0. The standard InChI is InChI=1S/C20H22F2N2O4S/c1-2-15-5-3-4-6-18(15)28-14-20(25)23-9-11-24(12-10-23)29(26,27)19-8-7-16(21)13-17(19)22/h3-8,13H,2,9-12,14H2,1H3. The molecule has 3 rings (SSSR count). The Morgan fingerprint density at radius 1 is 1.07 bits per heavy atom. The minimum Gasteiger partial charge on any atom is -0.483 e. The van der Waals surface area contributed by atoms with E-state index in [2.05, 4.69) is 0 Å². The van der Waals surface area contributed by atoms with E-state index in [9.17, 15) is 22.0 Å². The molecular weight excluding hydrogens is 402 g/mol.